The fourth-order valence-corrected chi connectivity index (χ4v) is 3.20. The van der Waals surface area contributed by atoms with Gasteiger partial charge in [0, 0.05) is 24.9 Å². The maximum Gasteiger partial charge on any atom is 0.309 e. The van der Waals surface area contributed by atoms with Crippen molar-refractivity contribution in [2.24, 2.45) is 0 Å². The summed E-state index contributed by atoms with van der Waals surface area (Å²) in [4.78, 5) is 23.5. The Morgan fingerprint density at radius 2 is 1.53 bits per heavy atom. The Labute approximate surface area is 115 Å². The minimum atomic E-state index is -0.542. The van der Waals surface area contributed by atoms with Crippen LogP contribution in [0.25, 0.3) is 0 Å². The van der Waals surface area contributed by atoms with Crippen molar-refractivity contribution < 1.29 is 14.9 Å². The third kappa shape index (κ3) is 5.19. The number of rotatable bonds is 2. The van der Waals surface area contributed by atoms with E-state index in [9.17, 15) is 9.59 Å². The van der Waals surface area contributed by atoms with E-state index in [4.69, 9.17) is 0 Å². The number of quaternary nitrogens is 1. The molecule has 1 aliphatic rings. The highest BCUT2D eigenvalue weighted by atomic mass is 16.2. The summed E-state index contributed by atoms with van der Waals surface area (Å²) < 4.78 is 0. The largest absolute Gasteiger partial charge is 0.346 e. The van der Waals surface area contributed by atoms with Gasteiger partial charge in [-0.15, -0.1) is 0 Å². The summed E-state index contributed by atoms with van der Waals surface area (Å²) in [6.07, 6.45) is 1.74. The van der Waals surface area contributed by atoms with Crippen molar-refractivity contribution in [2.45, 2.75) is 77.5 Å². The number of hydrogen-bond acceptors (Lipinski definition) is 2. The summed E-state index contributed by atoms with van der Waals surface area (Å²) in [7, 11) is 0. The zero-order chi connectivity index (χ0) is 14.8. The number of nitrogens with two attached hydrogens (primary N) is 1. The van der Waals surface area contributed by atoms with E-state index in [1.165, 1.54) is 0 Å². The molecule has 0 radical (unpaired) electrons. The molecule has 0 bridgehead atoms. The van der Waals surface area contributed by atoms with Crippen LogP contribution < -0.4 is 16.0 Å². The van der Waals surface area contributed by atoms with E-state index in [0.717, 1.165) is 12.8 Å². The van der Waals surface area contributed by atoms with Gasteiger partial charge in [0.2, 0.25) is 0 Å². The molecule has 0 unspecified atom stereocenters. The summed E-state index contributed by atoms with van der Waals surface area (Å²) in [6.45, 7) is 12.4. The third-order valence-electron chi connectivity index (χ3n) is 3.29. The van der Waals surface area contributed by atoms with Crippen molar-refractivity contribution in [1.82, 2.24) is 10.6 Å². The molecule has 0 atom stereocenters. The van der Waals surface area contributed by atoms with Crippen LogP contribution in [0.3, 0.4) is 0 Å². The number of piperidine rings is 1. The molecule has 0 aromatic rings. The molecule has 0 saturated carbocycles. The van der Waals surface area contributed by atoms with Gasteiger partial charge in [0.1, 0.15) is 0 Å². The minimum absolute atomic E-state index is 0.0224. The van der Waals surface area contributed by atoms with Crippen LogP contribution in [-0.2, 0) is 9.59 Å². The van der Waals surface area contributed by atoms with Gasteiger partial charge in [-0.1, -0.05) is 0 Å². The average molecular weight is 270 g/mol. The smallest absolute Gasteiger partial charge is 0.309 e. The maximum atomic E-state index is 11.8. The first-order chi connectivity index (χ1) is 8.51. The molecule has 1 fully saturated rings. The molecule has 4 N–H and O–H groups in total. The van der Waals surface area contributed by atoms with E-state index >= 15 is 0 Å². The first kappa shape index (κ1) is 16.0. The Morgan fingerprint density at radius 1 is 1.05 bits per heavy atom. The quantitative estimate of drug-likeness (QED) is 0.614. The number of amides is 2. The molecule has 0 aromatic carbocycles. The van der Waals surface area contributed by atoms with Gasteiger partial charge in [-0.2, -0.15) is 0 Å². The Morgan fingerprint density at radius 3 is 1.95 bits per heavy atom. The molecule has 0 aliphatic carbocycles. The first-order valence-electron chi connectivity index (χ1n) is 6.99. The van der Waals surface area contributed by atoms with E-state index in [2.05, 4.69) is 43.6 Å². The molecule has 2 amide bonds. The molecule has 1 aliphatic heterocycles. The van der Waals surface area contributed by atoms with E-state index in [1.54, 1.807) is 0 Å². The van der Waals surface area contributed by atoms with Crippen molar-refractivity contribution in [3.8, 4) is 0 Å². The predicted octanol–water partition coefficient (Wildman–Crippen LogP) is -0.0898. The second-order valence-electron chi connectivity index (χ2n) is 7.33. The highest BCUT2D eigenvalue weighted by molar-refractivity contribution is 6.35. The number of hydrogen-bond donors (Lipinski definition) is 3. The molecule has 1 heterocycles. The van der Waals surface area contributed by atoms with Crippen LogP contribution in [0.2, 0.25) is 0 Å². The summed E-state index contributed by atoms with van der Waals surface area (Å²) in [5, 5.41) is 7.82. The standard InChI is InChI=1S/C14H27N3O2/c1-9(2)15-11(18)12(19)16-10-7-13(3,4)17-14(5,6)8-10/h9-10,17H,7-8H2,1-6H3,(H,15,18)(H,16,19)/p+1. The van der Waals surface area contributed by atoms with Crippen LogP contribution in [0.1, 0.15) is 54.4 Å². The Hall–Kier alpha value is -1.10. The fraction of sp³-hybridized carbons (Fsp3) is 0.857. The number of nitrogens with one attached hydrogen (secondary N) is 2. The molecule has 1 rings (SSSR count). The summed E-state index contributed by atoms with van der Waals surface area (Å²) in [5.74, 6) is -1.06. The van der Waals surface area contributed by atoms with Crippen LogP contribution in [0.15, 0.2) is 0 Å². The Kier molecular flexibility index (Phi) is 4.61. The van der Waals surface area contributed by atoms with Gasteiger partial charge >= 0.3 is 11.8 Å². The maximum absolute atomic E-state index is 11.8. The van der Waals surface area contributed by atoms with Crippen LogP contribution >= 0.6 is 0 Å². The van der Waals surface area contributed by atoms with Crippen molar-refractivity contribution >= 4 is 11.8 Å². The van der Waals surface area contributed by atoms with Crippen LogP contribution in [0.5, 0.6) is 0 Å². The lowest BCUT2D eigenvalue weighted by Gasteiger charge is -2.43. The highest BCUT2D eigenvalue weighted by Gasteiger charge is 2.42. The molecule has 0 aromatic heterocycles. The van der Waals surface area contributed by atoms with Gasteiger partial charge in [-0.3, -0.25) is 9.59 Å². The number of carbonyl (C=O) groups excluding carboxylic acids is 2. The van der Waals surface area contributed by atoms with Crippen LogP contribution in [-0.4, -0.2) is 35.0 Å². The third-order valence-corrected chi connectivity index (χ3v) is 3.29. The Bertz CT molecular complexity index is 346. The van der Waals surface area contributed by atoms with E-state index < -0.39 is 11.8 Å². The number of carbonyl (C=O) groups is 2. The molecule has 5 heteroatoms. The van der Waals surface area contributed by atoms with Gasteiger partial charge in [-0.25, -0.2) is 0 Å². The highest BCUT2D eigenvalue weighted by Crippen LogP contribution is 2.21. The molecule has 5 nitrogen and oxygen atoms in total. The van der Waals surface area contributed by atoms with Gasteiger partial charge in [-0.05, 0) is 41.5 Å². The molecular weight excluding hydrogens is 242 g/mol. The summed E-state index contributed by atoms with van der Waals surface area (Å²) in [5.41, 5.74) is 0.155. The SMILES string of the molecule is CC(C)NC(=O)C(=O)NC1CC(C)(C)[NH2+]C(C)(C)C1. The van der Waals surface area contributed by atoms with Crippen LogP contribution in [0, 0.1) is 0 Å². The van der Waals surface area contributed by atoms with Crippen molar-refractivity contribution in [2.75, 3.05) is 0 Å². The predicted molar refractivity (Wildman–Crippen MR) is 74.5 cm³/mol. The van der Waals surface area contributed by atoms with Gasteiger partial charge < -0.3 is 16.0 Å². The van der Waals surface area contributed by atoms with Gasteiger partial charge in [0.05, 0.1) is 11.1 Å². The Balaban J connectivity index is 2.61. The lowest BCUT2D eigenvalue weighted by Crippen LogP contribution is -3.06. The zero-order valence-corrected chi connectivity index (χ0v) is 13.0. The molecule has 110 valence electrons. The lowest BCUT2D eigenvalue weighted by molar-refractivity contribution is -0.787. The second-order valence-corrected chi connectivity index (χ2v) is 7.33. The normalized spacial score (nSPS) is 22.1. The summed E-state index contributed by atoms with van der Waals surface area (Å²) >= 11 is 0. The van der Waals surface area contributed by atoms with E-state index in [0.29, 0.717) is 0 Å². The van der Waals surface area contributed by atoms with E-state index in [1.807, 2.05) is 13.8 Å². The topological polar surface area (TPSA) is 74.8 Å². The second kappa shape index (κ2) is 5.49. The minimum Gasteiger partial charge on any atom is -0.346 e. The molecule has 0 spiro atoms. The fourth-order valence-electron chi connectivity index (χ4n) is 3.20. The average Bonchev–Trinajstić information content (AvgIpc) is 2.10. The van der Waals surface area contributed by atoms with Gasteiger partial charge in [0.15, 0.2) is 0 Å². The molecule has 19 heavy (non-hydrogen) atoms. The van der Waals surface area contributed by atoms with Crippen molar-refractivity contribution in [3.05, 3.63) is 0 Å². The molecule has 1 saturated heterocycles. The van der Waals surface area contributed by atoms with Crippen LogP contribution in [0.4, 0.5) is 0 Å². The van der Waals surface area contributed by atoms with Crippen molar-refractivity contribution in [1.29, 1.82) is 0 Å². The van der Waals surface area contributed by atoms with E-state index in [-0.39, 0.29) is 23.2 Å². The van der Waals surface area contributed by atoms with Gasteiger partial charge in [0.25, 0.3) is 0 Å². The van der Waals surface area contributed by atoms with Crippen molar-refractivity contribution in [3.63, 3.8) is 0 Å². The zero-order valence-electron chi connectivity index (χ0n) is 13.0. The first-order valence-corrected chi connectivity index (χ1v) is 6.99. The monoisotopic (exact) mass is 270 g/mol. The molecular formula is C14H28N3O2+. The summed E-state index contributed by atoms with van der Waals surface area (Å²) in [6, 6.07) is 0.0335. The lowest BCUT2D eigenvalue weighted by atomic mass is 9.79.